The largest absolute Gasteiger partial charge is 0.254 e. The Morgan fingerprint density at radius 2 is 1.84 bits per heavy atom. The second-order valence-electron chi connectivity index (χ2n) is 4.92. The number of nitrogens with zero attached hydrogens (tertiary/aromatic N) is 1. The lowest BCUT2D eigenvalue weighted by Crippen LogP contribution is -2.50. The van der Waals surface area contributed by atoms with Gasteiger partial charge in [-0.1, -0.05) is 29.8 Å². The number of hydrogen-bond donors (Lipinski definition) is 0. The first kappa shape index (κ1) is 13.0. The van der Waals surface area contributed by atoms with Crippen LogP contribution < -0.4 is 0 Å². The maximum absolute atomic E-state index is 12.6. The molecule has 4 nitrogen and oxygen atoms in total. The third-order valence-corrected chi connectivity index (χ3v) is 7.74. The lowest BCUT2D eigenvalue weighted by atomic mass is 10.0. The predicted octanol–water partition coefficient (Wildman–Crippen LogP) is 1.75. The van der Waals surface area contributed by atoms with Gasteiger partial charge in [0.2, 0.25) is 0 Å². The number of benzene rings is 1. The van der Waals surface area contributed by atoms with Crippen LogP contribution in [0.25, 0.3) is 0 Å². The zero-order valence-electron chi connectivity index (χ0n) is 10.5. The van der Waals surface area contributed by atoms with E-state index >= 15 is 0 Å². The molecule has 0 N–H and O–H groups in total. The molecule has 1 aromatic rings. The molecule has 102 valence electrons. The molecule has 1 aromatic carbocycles. The normalized spacial score (nSPS) is 30.7. The third-order valence-electron chi connectivity index (χ3n) is 3.56. The molecule has 0 radical (unpaired) electrons. The summed E-state index contributed by atoms with van der Waals surface area (Å²) in [6, 6.07) is 6.40. The lowest BCUT2D eigenvalue weighted by Gasteiger charge is -2.38. The number of hydrogen-bond acceptors (Lipinski definition) is 3. The molecule has 6 heteroatoms. The Balaban J connectivity index is 2.04. The smallest absolute Gasteiger partial charge is 0.241 e. The fraction of sp³-hybridized carbons (Fsp3) is 0.385. The Morgan fingerprint density at radius 3 is 2.37 bits per heavy atom. The molecule has 0 saturated carbocycles. The van der Waals surface area contributed by atoms with Gasteiger partial charge in [0.15, 0.2) is 0 Å². The molecule has 1 aliphatic carbocycles. The van der Waals surface area contributed by atoms with Crippen LogP contribution in [0, 0.1) is 6.92 Å². The van der Waals surface area contributed by atoms with E-state index in [-0.39, 0.29) is 16.2 Å². The van der Waals surface area contributed by atoms with Gasteiger partial charge in [0.1, 0.15) is 11.0 Å². The number of rotatable bonds is 2. The van der Waals surface area contributed by atoms with Crippen molar-refractivity contribution in [2.75, 3.05) is 0 Å². The van der Waals surface area contributed by atoms with Crippen LogP contribution in [0.4, 0.5) is 0 Å². The predicted molar refractivity (Wildman–Crippen MR) is 74.3 cm³/mol. The van der Waals surface area contributed by atoms with Gasteiger partial charge in [0.05, 0.1) is 16.2 Å². The number of sulfonamides is 1. The molecular formula is C13H15NO3S2. The lowest BCUT2D eigenvalue weighted by molar-refractivity contribution is 0.426. The summed E-state index contributed by atoms with van der Waals surface area (Å²) in [7, 11) is -5.16. The highest BCUT2D eigenvalue weighted by Gasteiger charge is 2.43. The summed E-state index contributed by atoms with van der Waals surface area (Å²) in [4.78, 5) is 0.215. The van der Waals surface area contributed by atoms with Crippen LogP contribution in [0.1, 0.15) is 18.4 Å². The molecule has 0 amide bonds. The van der Waals surface area contributed by atoms with Crippen molar-refractivity contribution in [3.8, 4) is 0 Å². The molecule has 2 heterocycles. The van der Waals surface area contributed by atoms with Crippen LogP contribution in [0.2, 0.25) is 0 Å². The van der Waals surface area contributed by atoms with Gasteiger partial charge < -0.3 is 0 Å². The van der Waals surface area contributed by atoms with Gasteiger partial charge >= 0.3 is 0 Å². The first-order chi connectivity index (χ1) is 9.00. The molecule has 0 aromatic heterocycles. The Morgan fingerprint density at radius 1 is 1.16 bits per heavy atom. The Kier molecular flexibility index (Phi) is 3.11. The minimum Gasteiger partial charge on any atom is -0.241 e. The molecule has 19 heavy (non-hydrogen) atoms. The van der Waals surface area contributed by atoms with E-state index in [1.807, 2.05) is 19.1 Å². The van der Waals surface area contributed by atoms with Crippen LogP contribution in [0.3, 0.4) is 0 Å². The Bertz CT molecular complexity index is 649. The molecule has 4 rings (SSSR count). The zero-order valence-corrected chi connectivity index (χ0v) is 12.2. The summed E-state index contributed by atoms with van der Waals surface area (Å²) in [6.45, 7) is 1.90. The average Bonchev–Trinajstić information content (AvgIpc) is 2.40. The van der Waals surface area contributed by atoms with Crippen molar-refractivity contribution >= 4 is 21.0 Å². The molecule has 3 atom stereocenters. The first-order valence-electron chi connectivity index (χ1n) is 6.20. The molecule has 0 unspecified atom stereocenters. The van der Waals surface area contributed by atoms with E-state index in [1.54, 1.807) is 24.3 Å². The molecule has 3 aliphatic rings. The van der Waals surface area contributed by atoms with Gasteiger partial charge in [-0.2, -0.15) is 0 Å². The molecule has 0 spiro atoms. The number of fused-ring (bicyclic) bond motifs is 2. The molecule has 1 fully saturated rings. The molecule has 1 saturated heterocycles. The summed E-state index contributed by atoms with van der Waals surface area (Å²) in [5, 5.41) is -0.162. The van der Waals surface area contributed by atoms with Gasteiger partial charge in [-0.15, -0.1) is 3.71 Å². The highest BCUT2D eigenvalue weighted by Crippen LogP contribution is 2.34. The zero-order chi connectivity index (χ0) is 13.6. The van der Waals surface area contributed by atoms with Crippen molar-refractivity contribution in [2.45, 2.75) is 36.0 Å². The Labute approximate surface area is 115 Å². The second kappa shape index (κ2) is 4.54. The topological polar surface area (TPSA) is 54.5 Å². The maximum atomic E-state index is 12.6. The maximum Gasteiger partial charge on any atom is 0.254 e. The van der Waals surface area contributed by atoms with Crippen LogP contribution >= 0.6 is 0 Å². The van der Waals surface area contributed by atoms with E-state index in [4.69, 9.17) is 0 Å². The fourth-order valence-corrected chi connectivity index (χ4v) is 6.34. The van der Waals surface area contributed by atoms with Gasteiger partial charge in [-0.05, 0) is 31.9 Å². The SMILES string of the molecule is Cc1ccc(S(=O)(=O)N2[C@@H]3C=C[C@@H](CC3)[S@@]2=O)cc1. The highest BCUT2D eigenvalue weighted by molar-refractivity contribution is 8.01. The van der Waals surface area contributed by atoms with Crippen molar-refractivity contribution in [1.82, 2.24) is 3.71 Å². The van der Waals surface area contributed by atoms with Gasteiger partial charge in [-0.3, -0.25) is 0 Å². The monoisotopic (exact) mass is 297 g/mol. The fourth-order valence-electron chi connectivity index (χ4n) is 2.48. The summed E-state index contributed by atoms with van der Waals surface area (Å²) < 4.78 is 38.6. The average molecular weight is 297 g/mol. The quantitative estimate of drug-likeness (QED) is 0.782. The summed E-state index contributed by atoms with van der Waals surface area (Å²) >= 11 is 0. The van der Waals surface area contributed by atoms with E-state index in [9.17, 15) is 12.6 Å². The second-order valence-corrected chi connectivity index (χ2v) is 8.51. The van der Waals surface area contributed by atoms with Crippen molar-refractivity contribution in [2.24, 2.45) is 0 Å². The summed E-state index contributed by atoms with van der Waals surface area (Å²) in [5.74, 6) is 0. The molecule has 2 bridgehead atoms. The van der Waals surface area contributed by atoms with Gasteiger partial charge in [0.25, 0.3) is 10.0 Å². The van der Waals surface area contributed by atoms with Crippen LogP contribution in [-0.4, -0.2) is 27.6 Å². The molecular weight excluding hydrogens is 282 g/mol. The van der Waals surface area contributed by atoms with Gasteiger partial charge in [-0.25, -0.2) is 12.6 Å². The molecule has 2 aliphatic heterocycles. The number of aryl methyl sites for hydroxylation is 1. The van der Waals surface area contributed by atoms with E-state index in [2.05, 4.69) is 0 Å². The van der Waals surface area contributed by atoms with Crippen LogP contribution in [0.5, 0.6) is 0 Å². The van der Waals surface area contributed by atoms with Crippen molar-refractivity contribution in [1.29, 1.82) is 0 Å². The first-order valence-corrected chi connectivity index (χ1v) is 8.81. The van der Waals surface area contributed by atoms with Crippen molar-refractivity contribution < 1.29 is 12.6 Å². The Hall–Kier alpha value is -0.980. The third kappa shape index (κ3) is 2.07. The van der Waals surface area contributed by atoms with Crippen LogP contribution in [-0.2, 0) is 21.0 Å². The van der Waals surface area contributed by atoms with Crippen LogP contribution in [0.15, 0.2) is 41.3 Å². The van der Waals surface area contributed by atoms with E-state index in [0.717, 1.165) is 18.4 Å². The standard InChI is InChI=1S/C13H15NO3S2/c1-10-2-8-13(9-3-10)19(16,17)14-11-4-6-12(7-5-11)18(14)15/h2-4,6,8-9,11-12H,5,7H2,1H3/t11-,12+,18+/m1/s1. The minimum atomic E-state index is -3.68. The van der Waals surface area contributed by atoms with Gasteiger partial charge in [0, 0.05) is 0 Å². The van der Waals surface area contributed by atoms with E-state index < -0.39 is 21.0 Å². The highest BCUT2D eigenvalue weighted by atomic mass is 32.3. The minimum absolute atomic E-state index is 0.162. The summed E-state index contributed by atoms with van der Waals surface area (Å²) in [6.07, 6.45) is 5.29. The van der Waals surface area contributed by atoms with E-state index in [1.165, 1.54) is 3.71 Å². The van der Waals surface area contributed by atoms with Crippen molar-refractivity contribution in [3.63, 3.8) is 0 Å². The van der Waals surface area contributed by atoms with E-state index in [0.29, 0.717) is 0 Å². The van der Waals surface area contributed by atoms with Crippen molar-refractivity contribution in [3.05, 3.63) is 42.0 Å². The summed E-state index contributed by atoms with van der Waals surface area (Å²) in [5.41, 5.74) is 1.00.